The summed E-state index contributed by atoms with van der Waals surface area (Å²) in [5, 5.41) is 9.69. The fourth-order valence-corrected chi connectivity index (χ4v) is 2.79. The molecular formula is C16H17FO5S. The van der Waals surface area contributed by atoms with Crippen molar-refractivity contribution >= 4 is 10.1 Å². The molecule has 0 aliphatic rings. The van der Waals surface area contributed by atoms with Gasteiger partial charge >= 0.3 is 0 Å². The number of aryl methyl sites for hydroxylation is 1. The summed E-state index contributed by atoms with van der Waals surface area (Å²) in [6.07, 6.45) is -2.75. The number of aliphatic hydroxyl groups excluding tert-OH is 1. The van der Waals surface area contributed by atoms with Gasteiger partial charge in [-0.05, 0) is 38.1 Å². The third kappa shape index (κ3) is 4.75. The van der Waals surface area contributed by atoms with Crippen LogP contribution in [0.25, 0.3) is 0 Å². The van der Waals surface area contributed by atoms with Crippen molar-refractivity contribution in [3.8, 4) is 5.75 Å². The Morgan fingerprint density at radius 2 is 1.78 bits per heavy atom. The highest BCUT2D eigenvalue weighted by molar-refractivity contribution is 7.86. The number of benzene rings is 2. The molecule has 0 aliphatic carbocycles. The van der Waals surface area contributed by atoms with E-state index in [4.69, 9.17) is 8.92 Å². The Balaban J connectivity index is 2.20. The van der Waals surface area contributed by atoms with Crippen LogP contribution in [-0.4, -0.2) is 25.9 Å². The highest BCUT2D eigenvalue weighted by atomic mass is 32.2. The summed E-state index contributed by atoms with van der Waals surface area (Å²) >= 11 is 0. The lowest BCUT2D eigenvalue weighted by atomic mass is 10.2. The molecular weight excluding hydrogens is 323 g/mol. The van der Waals surface area contributed by atoms with E-state index < -0.39 is 28.3 Å². The summed E-state index contributed by atoms with van der Waals surface area (Å²) < 4.78 is 47.8. The minimum Gasteiger partial charge on any atom is -0.461 e. The van der Waals surface area contributed by atoms with Gasteiger partial charge in [0.15, 0.2) is 0 Å². The number of hydrogen-bond donors (Lipinski definition) is 1. The minimum absolute atomic E-state index is 0.0509. The third-order valence-electron chi connectivity index (χ3n) is 2.97. The Bertz CT molecular complexity index is 756. The second kappa shape index (κ2) is 7.08. The quantitative estimate of drug-likeness (QED) is 0.646. The molecule has 124 valence electrons. The normalized spacial score (nSPS) is 14.3. The molecule has 0 aromatic heterocycles. The average molecular weight is 340 g/mol. The lowest BCUT2D eigenvalue weighted by molar-refractivity contribution is -0.0742. The van der Waals surface area contributed by atoms with E-state index in [-0.39, 0.29) is 10.6 Å². The summed E-state index contributed by atoms with van der Waals surface area (Å²) in [4.78, 5) is -0.0587. The molecule has 0 aliphatic heterocycles. The highest BCUT2D eigenvalue weighted by Gasteiger charge is 2.27. The van der Waals surface area contributed by atoms with Gasteiger partial charge < -0.3 is 9.84 Å². The minimum atomic E-state index is -4.13. The maximum Gasteiger partial charge on any atom is 0.300 e. The average Bonchev–Trinajstić information content (AvgIpc) is 2.46. The molecule has 0 radical (unpaired) electrons. The first-order chi connectivity index (χ1) is 10.8. The van der Waals surface area contributed by atoms with Gasteiger partial charge in [-0.25, -0.2) is 8.57 Å². The van der Waals surface area contributed by atoms with Crippen LogP contribution in [-0.2, 0) is 14.3 Å². The SMILES string of the molecule is Cc1ccc(S(=O)(=O)O[C@@H](Oc2cccc(F)c2)[C@@H](C)O)cc1. The number of aliphatic hydroxyl groups is 1. The van der Waals surface area contributed by atoms with E-state index in [2.05, 4.69) is 0 Å². The molecule has 0 spiro atoms. The van der Waals surface area contributed by atoms with E-state index >= 15 is 0 Å². The molecule has 0 unspecified atom stereocenters. The zero-order valence-electron chi connectivity index (χ0n) is 12.6. The van der Waals surface area contributed by atoms with Gasteiger partial charge in [0, 0.05) is 6.07 Å². The molecule has 2 rings (SSSR count). The molecule has 2 aromatic rings. The smallest absolute Gasteiger partial charge is 0.300 e. The molecule has 1 N–H and O–H groups in total. The number of ether oxygens (including phenoxy) is 1. The van der Waals surface area contributed by atoms with Crippen molar-refractivity contribution in [1.82, 2.24) is 0 Å². The van der Waals surface area contributed by atoms with Gasteiger partial charge in [-0.2, -0.15) is 8.42 Å². The molecule has 0 saturated carbocycles. The second-order valence-corrected chi connectivity index (χ2v) is 6.62. The first kappa shape index (κ1) is 17.4. The Morgan fingerprint density at radius 3 is 2.35 bits per heavy atom. The van der Waals surface area contributed by atoms with E-state index in [0.29, 0.717) is 0 Å². The van der Waals surface area contributed by atoms with Crippen molar-refractivity contribution < 1.29 is 26.8 Å². The van der Waals surface area contributed by atoms with Crippen LogP contribution >= 0.6 is 0 Å². The predicted molar refractivity (Wildman–Crippen MR) is 81.9 cm³/mol. The van der Waals surface area contributed by atoms with Crippen molar-refractivity contribution in [3.63, 3.8) is 0 Å². The topological polar surface area (TPSA) is 72.8 Å². The monoisotopic (exact) mass is 340 g/mol. The van der Waals surface area contributed by atoms with Crippen molar-refractivity contribution in [2.24, 2.45) is 0 Å². The first-order valence-corrected chi connectivity index (χ1v) is 8.29. The second-order valence-electron chi connectivity index (χ2n) is 5.05. The first-order valence-electron chi connectivity index (χ1n) is 6.88. The molecule has 23 heavy (non-hydrogen) atoms. The molecule has 0 bridgehead atoms. The summed E-state index contributed by atoms with van der Waals surface area (Å²) in [5.74, 6) is -0.497. The van der Waals surface area contributed by atoms with Crippen molar-refractivity contribution in [3.05, 3.63) is 59.9 Å². The van der Waals surface area contributed by atoms with Crippen LogP contribution in [0, 0.1) is 12.7 Å². The zero-order chi connectivity index (χ0) is 17.0. The van der Waals surface area contributed by atoms with Gasteiger partial charge in [0.2, 0.25) is 6.29 Å². The largest absolute Gasteiger partial charge is 0.461 e. The lowest BCUT2D eigenvalue weighted by Crippen LogP contribution is -2.34. The molecule has 7 heteroatoms. The molecule has 0 amide bonds. The molecule has 2 atom stereocenters. The molecule has 5 nitrogen and oxygen atoms in total. The fourth-order valence-electron chi connectivity index (χ4n) is 1.76. The van der Waals surface area contributed by atoms with Crippen LogP contribution in [0.1, 0.15) is 12.5 Å². The summed E-state index contributed by atoms with van der Waals surface area (Å²) in [5.41, 5.74) is 0.895. The standard InChI is InChI=1S/C16H17FO5S/c1-11-6-8-15(9-7-11)23(19,20)22-16(12(2)18)21-14-5-3-4-13(17)10-14/h3-10,12,16,18H,1-2H3/t12-,16-/m1/s1. The van der Waals surface area contributed by atoms with Gasteiger partial charge in [0.1, 0.15) is 17.7 Å². The van der Waals surface area contributed by atoms with Crippen LogP contribution in [0.4, 0.5) is 4.39 Å². The molecule has 0 saturated heterocycles. The third-order valence-corrected chi connectivity index (χ3v) is 4.27. The lowest BCUT2D eigenvalue weighted by Gasteiger charge is -2.21. The Kier molecular flexibility index (Phi) is 5.35. The van der Waals surface area contributed by atoms with E-state index in [1.54, 1.807) is 12.1 Å². The van der Waals surface area contributed by atoms with Gasteiger partial charge in [-0.15, -0.1) is 0 Å². The summed E-state index contributed by atoms with van der Waals surface area (Å²) in [6, 6.07) is 11.2. The number of halogens is 1. The van der Waals surface area contributed by atoms with Gasteiger partial charge in [0.25, 0.3) is 10.1 Å². The van der Waals surface area contributed by atoms with Gasteiger partial charge in [-0.3, -0.25) is 0 Å². The van der Waals surface area contributed by atoms with Crippen LogP contribution < -0.4 is 4.74 Å². The van der Waals surface area contributed by atoms with E-state index in [1.165, 1.54) is 37.3 Å². The predicted octanol–water partition coefficient (Wildman–Crippen LogP) is 2.63. The van der Waals surface area contributed by atoms with Crippen LogP contribution in [0.2, 0.25) is 0 Å². The van der Waals surface area contributed by atoms with Gasteiger partial charge in [-0.1, -0.05) is 23.8 Å². The van der Waals surface area contributed by atoms with Crippen molar-refractivity contribution in [2.75, 3.05) is 0 Å². The maximum atomic E-state index is 13.2. The summed E-state index contributed by atoms with van der Waals surface area (Å²) in [7, 11) is -4.13. The van der Waals surface area contributed by atoms with Crippen LogP contribution in [0.5, 0.6) is 5.75 Å². The Morgan fingerprint density at radius 1 is 1.13 bits per heavy atom. The van der Waals surface area contributed by atoms with Crippen molar-refractivity contribution in [2.45, 2.75) is 31.1 Å². The van der Waals surface area contributed by atoms with Crippen LogP contribution in [0.3, 0.4) is 0 Å². The van der Waals surface area contributed by atoms with Crippen LogP contribution in [0.15, 0.2) is 53.4 Å². The molecule has 0 heterocycles. The Hall–Kier alpha value is -1.96. The van der Waals surface area contributed by atoms with E-state index in [1.807, 2.05) is 6.92 Å². The highest BCUT2D eigenvalue weighted by Crippen LogP contribution is 2.20. The maximum absolute atomic E-state index is 13.2. The Labute approximate surface area is 134 Å². The zero-order valence-corrected chi connectivity index (χ0v) is 13.5. The summed E-state index contributed by atoms with van der Waals surface area (Å²) in [6.45, 7) is 3.14. The molecule has 0 fully saturated rings. The number of rotatable bonds is 6. The van der Waals surface area contributed by atoms with E-state index in [0.717, 1.165) is 11.6 Å². The molecule has 2 aromatic carbocycles. The number of hydrogen-bond acceptors (Lipinski definition) is 5. The van der Waals surface area contributed by atoms with Crippen molar-refractivity contribution in [1.29, 1.82) is 0 Å². The fraction of sp³-hybridized carbons (Fsp3) is 0.250. The van der Waals surface area contributed by atoms with E-state index in [9.17, 15) is 17.9 Å². The van der Waals surface area contributed by atoms with Gasteiger partial charge in [0.05, 0.1) is 4.90 Å².